The maximum absolute atomic E-state index is 13.3. The first-order valence-corrected chi connectivity index (χ1v) is 11.8. The van der Waals surface area contributed by atoms with Crippen molar-refractivity contribution in [2.75, 3.05) is 26.8 Å². The van der Waals surface area contributed by atoms with Gasteiger partial charge < -0.3 is 19.9 Å². The number of rotatable bonds is 5. The third-order valence-electron chi connectivity index (χ3n) is 6.73. The van der Waals surface area contributed by atoms with Crippen molar-refractivity contribution in [1.82, 2.24) is 9.47 Å². The van der Waals surface area contributed by atoms with Gasteiger partial charge in [-0.25, -0.2) is 0 Å². The van der Waals surface area contributed by atoms with Gasteiger partial charge in [0.1, 0.15) is 0 Å². The molecular formula is C25H26Cl2F3N3O2. The minimum absolute atomic E-state index is 0.0372. The Bertz CT molecular complexity index is 1290. The monoisotopic (exact) mass is 527 g/mol. The van der Waals surface area contributed by atoms with E-state index in [1.54, 1.807) is 42.7 Å². The Kier molecular flexibility index (Phi) is 7.12. The van der Waals surface area contributed by atoms with Gasteiger partial charge in [-0.05, 0) is 48.4 Å². The number of halogens is 5. The molecule has 1 fully saturated rings. The fraction of sp³-hybridized carbons (Fsp3) is 0.400. The number of nitrogens with zero attached hydrogens (tertiary/aromatic N) is 2. The van der Waals surface area contributed by atoms with E-state index in [4.69, 9.17) is 33.7 Å². The number of carbonyl (C=O) groups is 1. The van der Waals surface area contributed by atoms with E-state index in [9.17, 15) is 18.0 Å². The number of fused-ring (bicyclic) bond motifs is 1. The number of aryl methyl sites for hydroxylation is 2. The quantitative estimate of drug-likeness (QED) is 0.480. The molecule has 0 spiro atoms. The van der Waals surface area contributed by atoms with Crippen molar-refractivity contribution in [3.63, 3.8) is 0 Å². The molecule has 1 saturated heterocycles. The van der Waals surface area contributed by atoms with E-state index in [-0.39, 0.29) is 29.3 Å². The molecular weight excluding hydrogens is 502 g/mol. The predicted octanol–water partition coefficient (Wildman–Crippen LogP) is 5.45. The fourth-order valence-electron chi connectivity index (χ4n) is 4.73. The van der Waals surface area contributed by atoms with Crippen LogP contribution in [0, 0.1) is 12.8 Å². The molecule has 3 aromatic rings. The van der Waals surface area contributed by atoms with E-state index in [1.165, 1.54) is 0 Å². The molecule has 2 aromatic carbocycles. The van der Waals surface area contributed by atoms with Crippen LogP contribution in [0.5, 0.6) is 0 Å². The maximum Gasteiger partial charge on any atom is 0.416 e. The first-order chi connectivity index (χ1) is 16.4. The highest BCUT2D eigenvalue weighted by Gasteiger charge is 2.34. The zero-order valence-electron chi connectivity index (χ0n) is 19.5. The van der Waals surface area contributed by atoms with Crippen LogP contribution in [-0.4, -0.2) is 48.2 Å². The van der Waals surface area contributed by atoms with E-state index in [2.05, 4.69) is 0 Å². The Labute approximate surface area is 211 Å². The summed E-state index contributed by atoms with van der Waals surface area (Å²) < 4.78 is 46.9. The second-order valence-corrected chi connectivity index (χ2v) is 9.86. The number of nitrogens with two attached hydrogens (primary N) is 1. The molecule has 1 aromatic heterocycles. The highest BCUT2D eigenvalue weighted by Crippen LogP contribution is 2.36. The van der Waals surface area contributed by atoms with E-state index in [0.29, 0.717) is 52.3 Å². The van der Waals surface area contributed by atoms with Gasteiger partial charge in [0.15, 0.2) is 0 Å². The summed E-state index contributed by atoms with van der Waals surface area (Å²) in [6.07, 6.45) is -4.19. The highest BCUT2D eigenvalue weighted by molar-refractivity contribution is 6.38. The summed E-state index contributed by atoms with van der Waals surface area (Å²) in [5.41, 5.74) is 8.02. The molecule has 5 nitrogen and oxygen atoms in total. The molecule has 1 amide bonds. The molecule has 0 aliphatic carbocycles. The van der Waals surface area contributed by atoms with Crippen LogP contribution in [0.15, 0.2) is 30.3 Å². The fourth-order valence-corrected chi connectivity index (χ4v) is 5.31. The largest absolute Gasteiger partial charge is 0.416 e. The lowest BCUT2D eigenvalue weighted by Gasteiger charge is -2.19. The van der Waals surface area contributed by atoms with Crippen molar-refractivity contribution < 1.29 is 22.7 Å². The first kappa shape index (κ1) is 25.8. The van der Waals surface area contributed by atoms with Gasteiger partial charge in [0.05, 0.1) is 22.8 Å². The molecule has 2 atom stereocenters. The molecule has 4 rings (SSSR count). The van der Waals surface area contributed by atoms with Crippen LogP contribution in [-0.2, 0) is 24.4 Å². The second-order valence-electron chi connectivity index (χ2n) is 9.07. The van der Waals surface area contributed by atoms with Gasteiger partial charge in [0.25, 0.3) is 5.91 Å². The van der Waals surface area contributed by atoms with Crippen LogP contribution in [0.25, 0.3) is 10.9 Å². The summed E-state index contributed by atoms with van der Waals surface area (Å²) in [6.45, 7) is 2.97. The average molecular weight is 528 g/mol. The number of hydrogen-bond acceptors (Lipinski definition) is 3. The molecule has 2 heterocycles. The Balaban J connectivity index is 1.68. The Morgan fingerprint density at radius 3 is 2.57 bits per heavy atom. The molecule has 35 heavy (non-hydrogen) atoms. The topological polar surface area (TPSA) is 60.5 Å². The Morgan fingerprint density at radius 1 is 1.20 bits per heavy atom. The SMILES string of the molecule is COC[C@@H]1CN(C(=O)c2ccc(Cl)c(Cc3cc4c(C)cc(C(F)(F)F)cc4n3C)c2Cl)C[C@H]1N. The zero-order valence-corrected chi connectivity index (χ0v) is 21.1. The molecule has 2 N–H and O–H groups in total. The Morgan fingerprint density at radius 2 is 1.91 bits per heavy atom. The lowest BCUT2D eigenvalue weighted by molar-refractivity contribution is -0.137. The number of alkyl halides is 3. The van der Waals surface area contributed by atoms with Gasteiger partial charge in [-0.15, -0.1) is 0 Å². The molecule has 10 heteroatoms. The van der Waals surface area contributed by atoms with Gasteiger partial charge in [0.2, 0.25) is 0 Å². The number of amides is 1. The minimum Gasteiger partial charge on any atom is -0.384 e. The second kappa shape index (κ2) is 9.65. The standard InChI is InChI=1S/C25H26Cl2F3N3O2/c1-13-6-15(25(28,29)30)7-22-18(13)8-16(32(22)2)9-19-20(26)5-4-17(23(19)27)24(34)33-10-14(12-35-3)21(31)11-33/h4-8,14,21H,9-12,31H2,1-3H3/t14-,21+/m0/s1. The minimum atomic E-state index is -4.44. The number of likely N-dealkylation sites (tertiary alicyclic amines) is 1. The predicted molar refractivity (Wildman–Crippen MR) is 131 cm³/mol. The molecule has 0 unspecified atom stereocenters. The first-order valence-electron chi connectivity index (χ1n) is 11.1. The van der Waals surface area contributed by atoms with Crippen molar-refractivity contribution >= 4 is 40.0 Å². The van der Waals surface area contributed by atoms with Crippen LogP contribution in [0.3, 0.4) is 0 Å². The van der Waals surface area contributed by atoms with Crippen LogP contribution in [0.4, 0.5) is 13.2 Å². The lowest BCUT2D eigenvalue weighted by Crippen LogP contribution is -2.33. The molecule has 1 aliphatic rings. The van der Waals surface area contributed by atoms with E-state index >= 15 is 0 Å². The van der Waals surface area contributed by atoms with Crippen LogP contribution < -0.4 is 5.73 Å². The third kappa shape index (κ3) is 4.89. The molecule has 1 aliphatic heterocycles. The maximum atomic E-state index is 13.3. The van der Waals surface area contributed by atoms with Crippen molar-refractivity contribution in [2.24, 2.45) is 18.7 Å². The molecule has 0 radical (unpaired) electrons. The summed E-state index contributed by atoms with van der Waals surface area (Å²) in [5, 5.41) is 1.31. The summed E-state index contributed by atoms with van der Waals surface area (Å²) >= 11 is 13.2. The van der Waals surface area contributed by atoms with Crippen molar-refractivity contribution in [3.8, 4) is 0 Å². The van der Waals surface area contributed by atoms with Crippen molar-refractivity contribution in [2.45, 2.75) is 25.6 Å². The smallest absolute Gasteiger partial charge is 0.384 e. The number of benzene rings is 2. The molecule has 0 bridgehead atoms. The number of ether oxygens (including phenoxy) is 1. The van der Waals surface area contributed by atoms with Crippen LogP contribution in [0.2, 0.25) is 10.0 Å². The summed E-state index contributed by atoms with van der Waals surface area (Å²) in [5.74, 6) is -0.209. The average Bonchev–Trinajstić information content (AvgIpc) is 3.31. The number of methoxy groups -OCH3 is 1. The number of aromatic nitrogens is 1. The summed E-state index contributed by atoms with van der Waals surface area (Å²) in [7, 11) is 3.30. The zero-order chi connectivity index (χ0) is 25.7. The van der Waals surface area contributed by atoms with Gasteiger partial charge in [-0.3, -0.25) is 4.79 Å². The van der Waals surface area contributed by atoms with Gasteiger partial charge in [-0.1, -0.05) is 23.2 Å². The van der Waals surface area contributed by atoms with Gasteiger partial charge >= 0.3 is 6.18 Å². The summed E-state index contributed by atoms with van der Waals surface area (Å²) in [4.78, 5) is 14.9. The number of hydrogen-bond donors (Lipinski definition) is 1. The number of carbonyl (C=O) groups excluding carboxylic acids is 1. The Hall–Kier alpha value is -2.26. The van der Waals surface area contributed by atoms with Crippen molar-refractivity contribution in [3.05, 3.63) is 68.3 Å². The normalized spacial score (nSPS) is 18.6. The van der Waals surface area contributed by atoms with Crippen LogP contribution >= 0.6 is 23.2 Å². The highest BCUT2D eigenvalue weighted by atomic mass is 35.5. The van der Waals surface area contributed by atoms with Gasteiger partial charge in [0, 0.05) is 67.2 Å². The van der Waals surface area contributed by atoms with Crippen LogP contribution in [0.1, 0.15) is 32.7 Å². The third-order valence-corrected chi connectivity index (χ3v) is 7.52. The van der Waals surface area contributed by atoms with Crippen molar-refractivity contribution in [1.29, 1.82) is 0 Å². The van der Waals surface area contributed by atoms with Gasteiger partial charge in [-0.2, -0.15) is 13.2 Å². The molecule has 188 valence electrons. The van der Waals surface area contributed by atoms with E-state index in [0.717, 1.165) is 17.8 Å². The van der Waals surface area contributed by atoms with E-state index in [1.807, 2.05) is 6.07 Å². The molecule has 0 saturated carbocycles. The van der Waals surface area contributed by atoms with E-state index < -0.39 is 11.7 Å². The summed E-state index contributed by atoms with van der Waals surface area (Å²) in [6, 6.07) is 7.14. The lowest BCUT2D eigenvalue weighted by atomic mass is 10.0.